The molecule has 0 unspecified atom stereocenters. The number of aryl methyl sites for hydroxylation is 1. The molecule has 0 saturated heterocycles. The Hall–Kier alpha value is -1.27. The van der Waals surface area contributed by atoms with Crippen LogP contribution in [-0.2, 0) is 11.2 Å². The van der Waals surface area contributed by atoms with Crippen molar-refractivity contribution in [2.45, 2.75) is 13.3 Å². The first-order chi connectivity index (χ1) is 7.24. The normalized spacial score (nSPS) is 8.93. The highest BCUT2D eigenvalue weighted by molar-refractivity contribution is 9.12. The summed E-state index contributed by atoms with van der Waals surface area (Å²) in [6.45, 7) is 2.68. The van der Waals surface area contributed by atoms with Gasteiger partial charge in [-0.05, 0) is 29.3 Å². The third kappa shape index (κ3) is 4.18. The molecule has 0 radical (unpaired) electrons. The number of halogens is 1. The van der Waals surface area contributed by atoms with Crippen LogP contribution in [0.1, 0.15) is 11.1 Å². The fourth-order valence-electron chi connectivity index (χ4n) is 1.29. The Morgan fingerprint density at radius 3 is 2.87 bits per heavy atom. The van der Waals surface area contributed by atoms with Crippen LogP contribution in [0.25, 0.3) is 0 Å². The zero-order valence-corrected chi connectivity index (χ0v) is 10.1. The summed E-state index contributed by atoms with van der Waals surface area (Å²) in [7, 11) is 0. The summed E-state index contributed by atoms with van der Waals surface area (Å²) < 4.78 is 0. The maximum absolute atomic E-state index is 11.0. The predicted molar refractivity (Wildman–Crippen MR) is 64.6 cm³/mol. The van der Waals surface area contributed by atoms with E-state index in [0.717, 1.165) is 6.42 Å². The molecule has 0 spiro atoms. The van der Waals surface area contributed by atoms with Gasteiger partial charge in [0.1, 0.15) is 0 Å². The monoisotopic (exact) mass is 265 g/mol. The maximum Gasteiger partial charge on any atom is 0.296 e. The van der Waals surface area contributed by atoms with Crippen LogP contribution in [0.3, 0.4) is 0 Å². The minimum Gasteiger partial charge on any atom is -0.345 e. The molecule has 0 atom stereocenters. The van der Waals surface area contributed by atoms with Crippen molar-refractivity contribution in [2.24, 2.45) is 0 Å². The number of hydrogen-bond donors (Lipinski definition) is 1. The molecule has 78 valence electrons. The predicted octanol–water partition coefficient (Wildman–Crippen LogP) is 2.01. The molecule has 0 fully saturated rings. The van der Waals surface area contributed by atoms with Crippen LogP contribution >= 0.6 is 15.9 Å². The maximum atomic E-state index is 11.0. The van der Waals surface area contributed by atoms with Crippen LogP contribution in [0.4, 0.5) is 0 Å². The summed E-state index contributed by atoms with van der Waals surface area (Å²) in [5, 5.41) is 2.72. The molecule has 3 heteroatoms. The molecular formula is C12H12BrNO. The van der Waals surface area contributed by atoms with Gasteiger partial charge in [-0.3, -0.25) is 4.79 Å². The molecule has 1 aromatic rings. The van der Waals surface area contributed by atoms with Crippen molar-refractivity contribution in [1.29, 1.82) is 0 Å². The van der Waals surface area contributed by atoms with Gasteiger partial charge >= 0.3 is 0 Å². The van der Waals surface area contributed by atoms with Gasteiger partial charge in [-0.1, -0.05) is 24.3 Å². The van der Waals surface area contributed by atoms with Crippen molar-refractivity contribution in [3.63, 3.8) is 0 Å². The van der Waals surface area contributed by atoms with Crippen molar-refractivity contribution in [1.82, 2.24) is 5.32 Å². The van der Waals surface area contributed by atoms with Crippen molar-refractivity contribution in [3.8, 4) is 10.8 Å². The zero-order valence-electron chi connectivity index (χ0n) is 8.51. The van der Waals surface area contributed by atoms with Crippen molar-refractivity contribution in [3.05, 3.63) is 35.4 Å². The first-order valence-electron chi connectivity index (χ1n) is 4.68. The van der Waals surface area contributed by atoms with E-state index >= 15 is 0 Å². The summed E-state index contributed by atoms with van der Waals surface area (Å²) in [5.74, 6) is 2.11. The molecule has 2 nitrogen and oxygen atoms in total. The molecule has 0 aliphatic heterocycles. The quantitative estimate of drug-likeness (QED) is 0.833. The molecule has 15 heavy (non-hydrogen) atoms. The number of hydrogen-bond acceptors (Lipinski definition) is 1. The SMILES string of the molecule is Cc1ccccc1CCNC(=O)C#CBr. The fourth-order valence-corrected chi connectivity index (χ4v) is 1.47. The Morgan fingerprint density at radius 2 is 2.20 bits per heavy atom. The highest BCUT2D eigenvalue weighted by Crippen LogP contribution is 2.06. The van der Waals surface area contributed by atoms with Crippen molar-refractivity contribution >= 4 is 21.8 Å². The molecule has 0 aliphatic carbocycles. The second-order valence-electron chi connectivity index (χ2n) is 3.15. The lowest BCUT2D eigenvalue weighted by Gasteiger charge is -2.04. The van der Waals surface area contributed by atoms with Crippen molar-refractivity contribution in [2.75, 3.05) is 6.54 Å². The van der Waals surface area contributed by atoms with E-state index in [0.29, 0.717) is 6.54 Å². The Morgan fingerprint density at radius 1 is 1.47 bits per heavy atom. The van der Waals surface area contributed by atoms with Crippen molar-refractivity contribution < 1.29 is 4.79 Å². The molecule has 1 N–H and O–H groups in total. The van der Waals surface area contributed by atoms with Crippen LogP contribution < -0.4 is 5.32 Å². The van der Waals surface area contributed by atoms with Crippen LogP contribution in [0.2, 0.25) is 0 Å². The third-order valence-electron chi connectivity index (χ3n) is 2.10. The lowest BCUT2D eigenvalue weighted by molar-refractivity contribution is -0.115. The number of benzene rings is 1. The first kappa shape index (κ1) is 11.8. The minimum atomic E-state index is -0.250. The summed E-state index contributed by atoms with van der Waals surface area (Å²) in [6.07, 6.45) is 0.836. The Bertz CT molecular complexity index is 404. The lowest BCUT2D eigenvalue weighted by atomic mass is 10.1. The van der Waals surface area contributed by atoms with E-state index in [1.165, 1.54) is 11.1 Å². The summed E-state index contributed by atoms with van der Waals surface area (Å²) in [5.41, 5.74) is 2.50. The standard InChI is InChI=1S/C12H12BrNO/c1-10-4-2-3-5-11(10)7-9-14-12(15)6-8-13/h2-5H,7,9H2,1H3,(H,14,15). The Labute approximate surface area is 98.2 Å². The molecule has 1 amide bonds. The highest BCUT2D eigenvalue weighted by atomic mass is 79.9. The Balaban J connectivity index is 2.40. The second kappa shape index (κ2) is 6.26. The number of rotatable bonds is 3. The van der Waals surface area contributed by atoms with Crippen LogP contribution in [-0.4, -0.2) is 12.5 Å². The average molecular weight is 266 g/mol. The molecule has 0 saturated carbocycles. The average Bonchev–Trinajstić information content (AvgIpc) is 2.21. The van der Waals surface area contributed by atoms with E-state index in [-0.39, 0.29) is 5.91 Å². The molecule has 1 rings (SSSR count). The highest BCUT2D eigenvalue weighted by Gasteiger charge is 1.98. The Kier molecular flexibility index (Phi) is 4.92. The molecule has 0 bridgehead atoms. The van der Waals surface area contributed by atoms with E-state index in [9.17, 15) is 4.79 Å². The van der Waals surface area contributed by atoms with Crippen LogP contribution in [0.15, 0.2) is 24.3 Å². The minimum absolute atomic E-state index is 0.250. The van der Waals surface area contributed by atoms with E-state index < -0.39 is 0 Å². The van der Waals surface area contributed by atoms with E-state index in [2.05, 4.69) is 51.1 Å². The summed E-state index contributed by atoms with van der Waals surface area (Å²) in [4.78, 5) is 13.4. The second-order valence-corrected chi connectivity index (χ2v) is 3.55. The summed E-state index contributed by atoms with van der Waals surface area (Å²) in [6, 6.07) is 8.14. The lowest BCUT2D eigenvalue weighted by Crippen LogP contribution is -2.24. The van der Waals surface area contributed by atoms with Gasteiger partial charge < -0.3 is 5.32 Å². The number of carbonyl (C=O) groups is 1. The van der Waals surface area contributed by atoms with Gasteiger partial charge in [0.15, 0.2) is 0 Å². The van der Waals surface area contributed by atoms with Crippen LogP contribution in [0, 0.1) is 17.7 Å². The molecular weight excluding hydrogens is 254 g/mol. The molecule has 0 aromatic heterocycles. The molecule has 0 heterocycles. The molecule has 1 aromatic carbocycles. The van der Waals surface area contributed by atoms with E-state index in [1.54, 1.807) is 0 Å². The fraction of sp³-hybridized carbons (Fsp3) is 0.250. The van der Waals surface area contributed by atoms with Gasteiger partial charge in [-0.25, -0.2) is 0 Å². The van der Waals surface area contributed by atoms with Gasteiger partial charge in [0.25, 0.3) is 5.91 Å². The van der Waals surface area contributed by atoms with E-state index in [4.69, 9.17) is 0 Å². The third-order valence-corrected chi connectivity index (χ3v) is 2.30. The largest absolute Gasteiger partial charge is 0.345 e. The van der Waals surface area contributed by atoms with Gasteiger partial charge in [0, 0.05) is 28.4 Å². The first-order valence-corrected chi connectivity index (χ1v) is 5.47. The number of nitrogens with one attached hydrogen (secondary N) is 1. The topological polar surface area (TPSA) is 29.1 Å². The van der Waals surface area contributed by atoms with Gasteiger partial charge in [-0.15, -0.1) is 0 Å². The van der Waals surface area contributed by atoms with Gasteiger partial charge in [0.05, 0.1) is 0 Å². The van der Waals surface area contributed by atoms with E-state index in [1.807, 2.05) is 12.1 Å². The van der Waals surface area contributed by atoms with Gasteiger partial charge in [0.2, 0.25) is 0 Å². The number of carbonyl (C=O) groups excluding carboxylic acids is 1. The molecule has 0 aliphatic rings. The smallest absolute Gasteiger partial charge is 0.296 e. The number of amides is 1. The zero-order chi connectivity index (χ0) is 11.1. The van der Waals surface area contributed by atoms with Gasteiger partial charge in [-0.2, -0.15) is 0 Å². The van der Waals surface area contributed by atoms with Crippen LogP contribution in [0.5, 0.6) is 0 Å². The summed E-state index contributed by atoms with van der Waals surface area (Å²) >= 11 is 2.88.